The lowest BCUT2D eigenvalue weighted by Gasteiger charge is -2.44. The molecule has 0 heterocycles. The molecule has 39 heavy (non-hydrogen) atoms. The van der Waals surface area contributed by atoms with Crippen molar-refractivity contribution in [3.05, 3.63) is 78.4 Å². The van der Waals surface area contributed by atoms with Crippen LogP contribution in [-0.2, 0) is 14.4 Å². The summed E-state index contributed by atoms with van der Waals surface area (Å²) >= 11 is 0. The standard InChI is InChI=1S/C30H32N2O7/c1-30(36)17-22(33)26(28(34)31-20-9-5-7-11-23(20)38-3)25(18-13-15-19(37-2)16-14-18)27(30)29(35)32-21-10-6-8-12-24(21)39-4/h5-16,25-27,36H,17H2,1-4H3,(H,31,34)(H,32,35)/t25-,26+,27+,30-/m1/s1. The Morgan fingerprint density at radius 2 is 1.31 bits per heavy atom. The van der Waals surface area contributed by atoms with E-state index < -0.39 is 41.0 Å². The van der Waals surface area contributed by atoms with Crippen LogP contribution in [-0.4, -0.2) is 49.6 Å². The molecule has 1 aliphatic rings. The van der Waals surface area contributed by atoms with Gasteiger partial charge in [-0.25, -0.2) is 0 Å². The van der Waals surface area contributed by atoms with Gasteiger partial charge in [0, 0.05) is 12.3 Å². The largest absolute Gasteiger partial charge is 0.497 e. The zero-order chi connectivity index (χ0) is 28.2. The molecule has 3 aromatic carbocycles. The molecule has 2 amide bonds. The average molecular weight is 533 g/mol. The Hall–Kier alpha value is -4.37. The van der Waals surface area contributed by atoms with Gasteiger partial charge in [-0.3, -0.25) is 14.4 Å². The molecule has 3 aromatic rings. The fraction of sp³-hybridized carbons (Fsp3) is 0.300. The third kappa shape index (κ3) is 5.73. The van der Waals surface area contributed by atoms with E-state index >= 15 is 0 Å². The molecule has 4 rings (SSSR count). The monoisotopic (exact) mass is 532 g/mol. The number of aliphatic hydroxyl groups is 1. The zero-order valence-electron chi connectivity index (χ0n) is 22.3. The molecule has 0 aromatic heterocycles. The van der Waals surface area contributed by atoms with Crippen molar-refractivity contribution in [1.29, 1.82) is 0 Å². The van der Waals surface area contributed by atoms with Gasteiger partial charge in [0.05, 0.1) is 44.2 Å². The highest BCUT2D eigenvalue weighted by molar-refractivity contribution is 6.11. The van der Waals surface area contributed by atoms with Crippen LogP contribution < -0.4 is 24.8 Å². The number of rotatable bonds is 8. The number of para-hydroxylation sites is 4. The number of ether oxygens (including phenoxy) is 3. The highest BCUT2D eigenvalue weighted by atomic mass is 16.5. The summed E-state index contributed by atoms with van der Waals surface area (Å²) in [6.45, 7) is 1.45. The molecule has 204 valence electrons. The van der Waals surface area contributed by atoms with Crippen LogP contribution in [0.5, 0.6) is 17.2 Å². The van der Waals surface area contributed by atoms with Crippen molar-refractivity contribution in [2.24, 2.45) is 11.8 Å². The Labute approximate surface area is 227 Å². The third-order valence-electron chi connectivity index (χ3n) is 7.06. The number of Topliss-reactive ketones (excluding diaryl/α,β-unsaturated/α-hetero) is 1. The summed E-state index contributed by atoms with van der Waals surface area (Å²) in [7, 11) is 4.49. The molecule has 9 nitrogen and oxygen atoms in total. The highest BCUT2D eigenvalue weighted by Gasteiger charge is 2.56. The number of hydrogen-bond donors (Lipinski definition) is 3. The molecule has 0 saturated heterocycles. The van der Waals surface area contributed by atoms with Gasteiger partial charge in [0.25, 0.3) is 0 Å². The van der Waals surface area contributed by atoms with Crippen LogP contribution in [0, 0.1) is 11.8 Å². The predicted molar refractivity (Wildman–Crippen MR) is 146 cm³/mol. The molecule has 1 saturated carbocycles. The molecule has 1 fully saturated rings. The molecule has 3 N–H and O–H groups in total. The van der Waals surface area contributed by atoms with E-state index in [1.807, 2.05) is 0 Å². The van der Waals surface area contributed by atoms with Gasteiger partial charge >= 0.3 is 0 Å². The molecule has 0 radical (unpaired) electrons. The second-order valence-electron chi connectivity index (χ2n) is 9.63. The molecule has 0 aliphatic heterocycles. The maximum absolute atomic E-state index is 13.9. The minimum Gasteiger partial charge on any atom is -0.497 e. The SMILES string of the molecule is COc1ccc([C@@H]2[C@@H](C(=O)Nc3ccccc3OC)C(=O)C[C@@](C)(O)[C@@H]2C(=O)Nc2ccccc2OC)cc1. The van der Waals surface area contributed by atoms with E-state index in [4.69, 9.17) is 14.2 Å². The first-order valence-electron chi connectivity index (χ1n) is 12.5. The Morgan fingerprint density at radius 3 is 1.82 bits per heavy atom. The topological polar surface area (TPSA) is 123 Å². The van der Waals surface area contributed by atoms with Crippen LogP contribution in [0.15, 0.2) is 72.8 Å². The number of carbonyl (C=O) groups excluding carboxylic acids is 3. The number of methoxy groups -OCH3 is 3. The summed E-state index contributed by atoms with van der Waals surface area (Å²) in [5.41, 5.74) is -0.418. The Morgan fingerprint density at radius 1 is 0.795 bits per heavy atom. The van der Waals surface area contributed by atoms with E-state index in [-0.39, 0.29) is 6.42 Å². The second kappa shape index (κ2) is 11.6. The molecule has 1 aliphatic carbocycles. The number of benzene rings is 3. The van der Waals surface area contributed by atoms with Crippen molar-refractivity contribution in [2.45, 2.75) is 24.9 Å². The van der Waals surface area contributed by atoms with E-state index in [1.54, 1.807) is 72.8 Å². The van der Waals surface area contributed by atoms with Gasteiger partial charge in [-0.15, -0.1) is 0 Å². The van der Waals surface area contributed by atoms with Crippen LogP contribution in [0.2, 0.25) is 0 Å². The summed E-state index contributed by atoms with van der Waals surface area (Å²) in [6.07, 6.45) is -0.381. The van der Waals surface area contributed by atoms with Crippen LogP contribution in [0.1, 0.15) is 24.8 Å². The lowest BCUT2D eigenvalue weighted by atomic mass is 9.61. The first-order valence-corrected chi connectivity index (χ1v) is 12.5. The van der Waals surface area contributed by atoms with Gasteiger partial charge in [-0.2, -0.15) is 0 Å². The molecule has 0 bridgehead atoms. The molecule has 9 heteroatoms. The Balaban J connectivity index is 1.79. The molecular formula is C30H32N2O7. The summed E-state index contributed by atoms with van der Waals surface area (Å²) in [4.78, 5) is 41.1. The summed E-state index contributed by atoms with van der Waals surface area (Å²) in [5.74, 6) is -3.62. The summed E-state index contributed by atoms with van der Waals surface area (Å²) in [5, 5.41) is 17.1. The number of hydrogen-bond acceptors (Lipinski definition) is 7. The lowest BCUT2D eigenvalue weighted by Crippen LogP contribution is -2.56. The number of ketones is 1. The molecule has 0 unspecified atom stereocenters. The summed E-state index contributed by atoms with van der Waals surface area (Å²) < 4.78 is 16.0. The normalized spacial score (nSPS) is 22.5. The van der Waals surface area contributed by atoms with E-state index in [0.29, 0.717) is 34.2 Å². The van der Waals surface area contributed by atoms with Crippen molar-refractivity contribution >= 4 is 29.0 Å². The van der Waals surface area contributed by atoms with Crippen molar-refractivity contribution < 1.29 is 33.7 Å². The number of nitrogens with one attached hydrogen (secondary N) is 2. The van der Waals surface area contributed by atoms with Gasteiger partial charge in [-0.05, 0) is 48.9 Å². The first kappa shape index (κ1) is 27.7. The lowest BCUT2D eigenvalue weighted by molar-refractivity contribution is -0.150. The van der Waals surface area contributed by atoms with Gasteiger partial charge < -0.3 is 30.0 Å². The van der Waals surface area contributed by atoms with E-state index in [9.17, 15) is 19.5 Å². The van der Waals surface area contributed by atoms with E-state index in [2.05, 4.69) is 10.6 Å². The van der Waals surface area contributed by atoms with Crippen LogP contribution in [0.3, 0.4) is 0 Å². The minimum absolute atomic E-state index is 0.381. The van der Waals surface area contributed by atoms with Crippen LogP contribution in [0.25, 0.3) is 0 Å². The fourth-order valence-corrected chi connectivity index (χ4v) is 5.23. The quantitative estimate of drug-likeness (QED) is 0.374. The third-order valence-corrected chi connectivity index (χ3v) is 7.06. The fourth-order valence-electron chi connectivity index (χ4n) is 5.23. The van der Waals surface area contributed by atoms with Crippen LogP contribution in [0.4, 0.5) is 11.4 Å². The average Bonchev–Trinajstić information content (AvgIpc) is 2.92. The number of amides is 2. The van der Waals surface area contributed by atoms with Crippen LogP contribution >= 0.6 is 0 Å². The van der Waals surface area contributed by atoms with Gasteiger partial charge in [-0.1, -0.05) is 36.4 Å². The molecular weight excluding hydrogens is 500 g/mol. The highest BCUT2D eigenvalue weighted by Crippen LogP contribution is 2.47. The van der Waals surface area contributed by atoms with Gasteiger partial charge in [0.2, 0.25) is 11.8 Å². The molecule has 0 spiro atoms. The maximum atomic E-state index is 13.9. The van der Waals surface area contributed by atoms with Crippen molar-refractivity contribution in [2.75, 3.05) is 32.0 Å². The van der Waals surface area contributed by atoms with Crippen molar-refractivity contribution in [3.63, 3.8) is 0 Å². The van der Waals surface area contributed by atoms with E-state index in [1.165, 1.54) is 28.3 Å². The molecule has 4 atom stereocenters. The Kier molecular flexibility index (Phi) is 8.21. The van der Waals surface area contributed by atoms with Gasteiger partial charge in [0.1, 0.15) is 28.9 Å². The first-order chi connectivity index (χ1) is 18.7. The summed E-state index contributed by atoms with van der Waals surface area (Å²) in [6, 6.07) is 20.5. The van der Waals surface area contributed by atoms with Crippen molar-refractivity contribution in [1.82, 2.24) is 0 Å². The number of anilines is 2. The smallest absolute Gasteiger partial charge is 0.235 e. The minimum atomic E-state index is -1.74. The number of carbonyl (C=O) groups is 3. The van der Waals surface area contributed by atoms with E-state index in [0.717, 1.165) is 0 Å². The zero-order valence-corrected chi connectivity index (χ0v) is 22.3. The van der Waals surface area contributed by atoms with Crippen molar-refractivity contribution in [3.8, 4) is 17.2 Å². The maximum Gasteiger partial charge on any atom is 0.235 e. The second-order valence-corrected chi connectivity index (χ2v) is 9.63. The predicted octanol–water partition coefficient (Wildman–Crippen LogP) is 4.03. The Bertz CT molecular complexity index is 1350. The van der Waals surface area contributed by atoms with Gasteiger partial charge in [0.15, 0.2) is 0 Å².